The van der Waals surface area contributed by atoms with Gasteiger partial charge in [0, 0.05) is 5.56 Å². The van der Waals surface area contributed by atoms with Crippen LogP contribution in [0.1, 0.15) is 17.7 Å². The minimum atomic E-state index is 0.208. The van der Waals surface area contributed by atoms with Crippen LogP contribution < -0.4 is 11.5 Å². The Kier molecular flexibility index (Phi) is 2.99. The van der Waals surface area contributed by atoms with Crippen molar-refractivity contribution in [2.45, 2.75) is 19.3 Å². The molecule has 4 N–H and O–H groups in total. The first-order valence-corrected chi connectivity index (χ1v) is 6.72. The summed E-state index contributed by atoms with van der Waals surface area (Å²) in [5.41, 5.74) is 15.5. The SMILES string of the molecule is Nc1nc(N)c2c(n1)CCCc1cc(Cl)c(Cl)cc1-2. The Hall–Kier alpha value is -1.52. The lowest BCUT2D eigenvalue weighted by Crippen LogP contribution is -2.06. The molecule has 19 heavy (non-hydrogen) atoms. The standard InChI is InChI=1S/C13H12Cl2N4/c14-8-4-6-2-1-3-10-11(7(6)5-9(8)15)12(16)19-13(17)18-10/h4-5H,1-3H2,(H4,16,17,18,19). The van der Waals surface area contributed by atoms with E-state index in [2.05, 4.69) is 9.97 Å². The van der Waals surface area contributed by atoms with Crippen molar-refractivity contribution in [2.75, 3.05) is 11.5 Å². The second-order valence-electron chi connectivity index (χ2n) is 4.57. The number of hydrogen-bond acceptors (Lipinski definition) is 4. The molecule has 0 unspecified atom stereocenters. The number of fused-ring (bicyclic) bond motifs is 3. The predicted octanol–water partition coefficient (Wildman–Crippen LogP) is 3.10. The first-order valence-electron chi connectivity index (χ1n) is 5.96. The normalized spacial score (nSPS) is 13.6. The zero-order chi connectivity index (χ0) is 13.6. The lowest BCUT2D eigenvalue weighted by molar-refractivity contribution is 0.813. The highest BCUT2D eigenvalue weighted by Gasteiger charge is 2.21. The van der Waals surface area contributed by atoms with Gasteiger partial charge in [-0.15, -0.1) is 0 Å². The third kappa shape index (κ3) is 2.11. The summed E-state index contributed by atoms with van der Waals surface area (Å²) in [4.78, 5) is 8.34. The van der Waals surface area contributed by atoms with Gasteiger partial charge in [-0.3, -0.25) is 0 Å². The molecule has 0 atom stereocenters. The number of rotatable bonds is 0. The molecule has 3 rings (SSSR count). The van der Waals surface area contributed by atoms with Gasteiger partial charge in [-0.1, -0.05) is 23.2 Å². The first-order chi connectivity index (χ1) is 9.06. The number of nitrogen functional groups attached to an aromatic ring is 2. The maximum Gasteiger partial charge on any atom is 0.222 e. The van der Waals surface area contributed by atoms with Crippen molar-refractivity contribution >= 4 is 35.0 Å². The van der Waals surface area contributed by atoms with Gasteiger partial charge in [-0.05, 0) is 42.5 Å². The van der Waals surface area contributed by atoms with Crippen molar-refractivity contribution in [1.82, 2.24) is 9.97 Å². The number of benzene rings is 1. The quantitative estimate of drug-likeness (QED) is 0.782. The number of aromatic nitrogens is 2. The van der Waals surface area contributed by atoms with Crippen molar-refractivity contribution in [3.8, 4) is 11.1 Å². The van der Waals surface area contributed by atoms with Crippen LogP contribution in [0.15, 0.2) is 12.1 Å². The Morgan fingerprint density at radius 3 is 2.53 bits per heavy atom. The molecule has 1 aliphatic carbocycles. The van der Waals surface area contributed by atoms with Crippen LogP contribution in [0, 0.1) is 0 Å². The van der Waals surface area contributed by atoms with Crippen LogP contribution in [0.3, 0.4) is 0 Å². The molecular formula is C13H12Cl2N4. The van der Waals surface area contributed by atoms with Gasteiger partial charge >= 0.3 is 0 Å². The molecule has 1 aromatic heterocycles. The van der Waals surface area contributed by atoms with Gasteiger partial charge in [-0.2, -0.15) is 4.98 Å². The molecule has 0 aliphatic heterocycles. The fourth-order valence-corrected chi connectivity index (χ4v) is 2.84. The highest BCUT2D eigenvalue weighted by Crippen LogP contribution is 2.39. The zero-order valence-electron chi connectivity index (χ0n) is 10.1. The molecule has 2 aromatic rings. The molecule has 98 valence electrons. The third-order valence-electron chi connectivity index (χ3n) is 3.30. The maximum atomic E-state index is 6.11. The van der Waals surface area contributed by atoms with Crippen LogP contribution in [0.4, 0.5) is 11.8 Å². The van der Waals surface area contributed by atoms with E-state index in [1.807, 2.05) is 12.1 Å². The Bertz CT molecular complexity index is 670. The largest absolute Gasteiger partial charge is 0.383 e. The average molecular weight is 295 g/mol. The van der Waals surface area contributed by atoms with E-state index in [0.717, 1.165) is 41.6 Å². The second kappa shape index (κ2) is 4.54. The van der Waals surface area contributed by atoms with Crippen molar-refractivity contribution in [1.29, 1.82) is 0 Å². The molecule has 0 fully saturated rings. The predicted molar refractivity (Wildman–Crippen MR) is 78.3 cm³/mol. The summed E-state index contributed by atoms with van der Waals surface area (Å²) < 4.78 is 0. The lowest BCUT2D eigenvalue weighted by atomic mass is 9.99. The number of halogens is 2. The van der Waals surface area contributed by atoms with Gasteiger partial charge in [0.1, 0.15) is 5.82 Å². The van der Waals surface area contributed by atoms with E-state index >= 15 is 0 Å². The van der Waals surface area contributed by atoms with Crippen molar-refractivity contribution < 1.29 is 0 Å². The van der Waals surface area contributed by atoms with Gasteiger partial charge in [0.25, 0.3) is 0 Å². The van der Waals surface area contributed by atoms with E-state index in [1.165, 1.54) is 0 Å². The van der Waals surface area contributed by atoms with Crippen molar-refractivity contribution in [3.63, 3.8) is 0 Å². The second-order valence-corrected chi connectivity index (χ2v) is 5.38. The fourth-order valence-electron chi connectivity index (χ4n) is 2.49. The van der Waals surface area contributed by atoms with Gasteiger partial charge in [0.05, 0.1) is 15.7 Å². The minimum Gasteiger partial charge on any atom is -0.383 e. The Labute approximate surface area is 120 Å². The van der Waals surface area contributed by atoms with Crippen molar-refractivity contribution in [3.05, 3.63) is 33.4 Å². The summed E-state index contributed by atoms with van der Waals surface area (Å²) in [6.07, 6.45) is 2.69. The monoisotopic (exact) mass is 294 g/mol. The summed E-state index contributed by atoms with van der Waals surface area (Å²) in [7, 11) is 0. The molecule has 1 aromatic carbocycles. The summed E-state index contributed by atoms with van der Waals surface area (Å²) in [5.74, 6) is 0.601. The summed E-state index contributed by atoms with van der Waals surface area (Å²) in [5, 5.41) is 1.06. The van der Waals surface area contributed by atoms with Crippen LogP contribution in [-0.4, -0.2) is 9.97 Å². The van der Waals surface area contributed by atoms with Crippen LogP contribution in [-0.2, 0) is 12.8 Å². The molecule has 0 spiro atoms. The van der Waals surface area contributed by atoms with Crippen LogP contribution in [0.2, 0.25) is 10.0 Å². The molecule has 0 amide bonds. The minimum absolute atomic E-state index is 0.208. The summed E-state index contributed by atoms with van der Waals surface area (Å²) >= 11 is 12.2. The van der Waals surface area contributed by atoms with Crippen molar-refractivity contribution in [2.24, 2.45) is 0 Å². The summed E-state index contributed by atoms with van der Waals surface area (Å²) in [6, 6.07) is 3.73. The smallest absolute Gasteiger partial charge is 0.222 e. The lowest BCUT2D eigenvalue weighted by Gasteiger charge is -2.12. The number of nitrogens with zero attached hydrogens (tertiary/aromatic N) is 2. The zero-order valence-corrected chi connectivity index (χ0v) is 11.6. The maximum absolute atomic E-state index is 6.11. The Balaban J connectivity index is 2.33. The van der Waals surface area contributed by atoms with Gasteiger partial charge < -0.3 is 11.5 Å². The molecule has 0 saturated heterocycles. The molecule has 6 heteroatoms. The fraction of sp³-hybridized carbons (Fsp3) is 0.231. The van der Waals surface area contributed by atoms with E-state index in [1.54, 1.807) is 0 Å². The van der Waals surface area contributed by atoms with E-state index in [9.17, 15) is 0 Å². The third-order valence-corrected chi connectivity index (χ3v) is 4.03. The molecule has 0 radical (unpaired) electrons. The molecule has 4 nitrogen and oxygen atoms in total. The summed E-state index contributed by atoms with van der Waals surface area (Å²) in [6.45, 7) is 0. The van der Waals surface area contributed by atoms with Crippen LogP contribution >= 0.6 is 23.2 Å². The van der Waals surface area contributed by atoms with E-state index in [0.29, 0.717) is 15.9 Å². The molecule has 1 heterocycles. The van der Waals surface area contributed by atoms with Gasteiger partial charge in [0.15, 0.2) is 0 Å². The van der Waals surface area contributed by atoms with Gasteiger partial charge in [0.2, 0.25) is 5.95 Å². The number of anilines is 2. The number of aryl methyl sites for hydroxylation is 2. The van der Waals surface area contributed by atoms with Crippen LogP contribution in [0.5, 0.6) is 0 Å². The van der Waals surface area contributed by atoms with Gasteiger partial charge in [-0.25, -0.2) is 4.98 Å². The van der Waals surface area contributed by atoms with Crippen LogP contribution in [0.25, 0.3) is 11.1 Å². The highest BCUT2D eigenvalue weighted by atomic mass is 35.5. The molecule has 0 saturated carbocycles. The average Bonchev–Trinajstić information content (AvgIpc) is 2.49. The number of hydrogen-bond donors (Lipinski definition) is 2. The number of nitrogens with two attached hydrogens (primary N) is 2. The highest BCUT2D eigenvalue weighted by molar-refractivity contribution is 6.42. The van der Waals surface area contributed by atoms with E-state index in [-0.39, 0.29) is 5.95 Å². The Morgan fingerprint density at radius 2 is 1.74 bits per heavy atom. The Morgan fingerprint density at radius 1 is 1.00 bits per heavy atom. The molecular weight excluding hydrogens is 283 g/mol. The first kappa shape index (κ1) is 12.5. The molecule has 0 bridgehead atoms. The topological polar surface area (TPSA) is 77.8 Å². The van der Waals surface area contributed by atoms with E-state index in [4.69, 9.17) is 34.7 Å². The molecule has 1 aliphatic rings. The van der Waals surface area contributed by atoms with E-state index < -0.39 is 0 Å².